The Bertz CT molecular complexity index is 1190. The molecule has 0 fully saturated rings. The Morgan fingerprint density at radius 3 is 2.67 bits per heavy atom. The first-order valence-corrected chi connectivity index (χ1v) is 10.4. The molecule has 4 rings (SSSR count). The van der Waals surface area contributed by atoms with Gasteiger partial charge in [0.2, 0.25) is 5.89 Å². The van der Waals surface area contributed by atoms with Crippen molar-refractivity contribution in [1.82, 2.24) is 25.2 Å². The molecule has 0 atom stereocenters. The molecule has 4 aromatic rings. The number of benzene rings is 2. The number of aromatic nitrogens is 3. The van der Waals surface area contributed by atoms with Gasteiger partial charge in [0.1, 0.15) is 12.1 Å². The molecule has 0 unspecified atom stereocenters. The number of aryl methyl sites for hydroxylation is 1. The summed E-state index contributed by atoms with van der Waals surface area (Å²) in [6.07, 6.45) is 6.52. The maximum absolute atomic E-state index is 14.5. The van der Waals surface area contributed by atoms with Crippen LogP contribution in [0.1, 0.15) is 23.7 Å². The molecule has 2 heterocycles. The second kappa shape index (κ2) is 11.6. The minimum atomic E-state index is -0.320. The summed E-state index contributed by atoms with van der Waals surface area (Å²) in [4.78, 5) is 13.1. The number of nitrogens with zero attached hydrogens (tertiary/aromatic N) is 4. The number of nitrogens with one attached hydrogen (secondary N) is 2. The first-order valence-electron chi connectivity index (χ1n) is 10.4. The van der Waals surface area contributed by atoms with E-state index in [9.17, 15) is 4.39 Å². The van der Waals surface area contributed by atoms with Gasteiger partial charge in [0, 0.05) is 24.5 Å². The first kappa shape index (κ1) is 24.4. The van der Waals surface area contributed by atoms with Gasteiger partial charge >= 0.3 is 0 Å². The predicted molar refractivity (Wildman–Crippen MR) is 137 cm³/mol. The standard InChI is InChI=1S/C24H25FN6O.HI/c1-3-27-24(28-13-18-6-9-22(21(25)12-18)31-11-10-26-16-31)29-14-20-15-32-23(30-20)19-7-4-17(2)5-8-19;/h4-12,15-16H,3,13-14H2,1-2H3,(H2,27,28,29);1H. The maximum atomic E-state index is 14.5. The highest BCUT2D eigenvalue weighted by Gasteiger charge is 2.08. The second-order valence-corrected chi connectivity index (χ2v) is 7.31. The molecule has 7 nitrogen and oxygen atoms in total. The van der Waals surface area contributed by atoms with Crippen LogP contribution in [0.3, 0.4) is 0 Å². The number of halogens is 2. The number of aliphatic imine (C=N–C) groups is 1. The molecule has 0 aliphatic rings. The van der Waals surface area contributed by atoms with Crippen LogP contribution in [0.2, 0.25) is 0 Å². The van der Waals surface area contributed by atoms with E-state index in [0.29, 0.717) is 37.2 Å². The summed E-state index contributed by atoms with van der Waals surface area (Å²) < 4.78 is 21.7. The van der Waals surface area contributed by atoms with E-state index in [1.807, 2.05) is 44.2 Å². The molecule has 0 spiro atoms. The molecule has 2 aromatic heterocycles. The van der Waals surface area contributed by atoms with Crippen molar-refractivity contribution in [2.45, 2.75) is 26.9 Å². The van der Waals surface area contributed by atoms with Gasteiger partial charge in [-0.1, -0.05) is 23.8 Å². The molecule has 9 heteroatoms. The summed E-state index contributed by atoms with van der Waals surface area (Å²) in [6.45, 7) is 5.52. The van der Waals surface area contributed by atoms with Gasteiger partial charge in [-0.3, -0.25) is 0 Å². The number of oxazole rings is 1. The Morgan fingerprint density at radius 1 is 1.15 bits per heavy atom. The fourth-order valence-corrected chi connectivity index (χ4v) is 3.16. The van der Waals surface area contributed by atoms with Crippen molar-refractivity contribution in [2.24, 2.45) is 4.99 Å². The molecule has 0 aliphatic carbocycles. The van der Waals surface area contributed by atoms with Crippen molar-refractivity contribution >= 4 is 29.9 Å². The summed E-state index contributed by atoms with van der Waals surface area (Å²) in [5.41, 5.74) is 4.11. The van der Waals surface area contributed by atoms with Crippen molar-refractivity contribution in [2.75, 3.05) is 6.54 Å². The van der Waals surface area contributed by atoms with E-state index in [-0.39, 0.29) is 29.8 Å². The van der Waals surface area contributed by atoms with E-state index >= 15 is 0 Å². The number of guanidine groups is 1. The zero-order valence-corrected chi connectivity index (χ0v) is 20.8. The average Bonchev–Trinajstić information content (AvgIpc) is 3.49. The summed E-state index contributed by atoms with van der Waals surface area (Å²) in [5.74, 6) is 0.878. The van der Waals surface area contributed by atoms with Gasteiger partial charge in [0.25, 0.3) is 0 Å². The maximum Gasteiger partial charge on any atom is 0.226 e. The lowest BCUT2D eigenvalue weighted by Crippen LogP contribution is -2.36. The summed E-state index contributed by atoms with van der Waals surface area (Å²) >= 11 is 0. The Labute approximate surface area is 209 Å². The quantitative estimate of drug-likeness (QED) is 0.192. The van der Waals surface area contributed by atoms with Crippen molar-refractivity contribution in [3.05, 3.63) is 90.1 Å². The third-order valence-corrected chi connectivity index (χ3v) is 4.85. The molecule has 2 N–H and O–H groups in total. The summed E-state index contributed by atoms with van der Waals surface area (Å²) in [5, 5.41) is 6.43. The fraction of sp³-hybridized carbons (Fsp3) is 0.208. The third kappa shape index (κ3) is 6.41. The zero-order valence-electron chi connectivity index (χ0n) is 18.5. The highest BCUT2D eigenvalue weighted by Crippen LogP contribution is 2.19. The Hall–Kier alpha value is -3.21. The van der Waals surface area contributed by atoms with Crippen LogP contribution in [-0.2, 0) is 13.1 Å². The van der Waals surface area contributed by atoms with Crippen LogP contribution >= 0.6 is 24.0 Å². The SMILES string of the molecule is CCNC(=NCc1ccc(-n2ccnc2)c(F)c1)NCc1coc(-c2ccc(C)cc2)n1.I. The van der Waals surface area contributed by atoms with Crippen LogP contribution in [0.15, 0.2) is 76.9 Å². The minimum absolute atomic E-state index is 0. The summed E-state index contributed by atoms with van der Waals surface area (Å²) in [6, 6.07) is 13.1. The monoisotopic (exact) mass is 560 g/mol. The molecule has 33 heavy (non-hydrogen) atoms. The second-order valence-electron chi connectivity index (χ2n) is 7.31. The van der Waals surface area contributed by atoms with Gasteiger partial charge in [0.05, 0.1) is 30.8 Å². The molecule has 0 bridgehead atoms. The molecule has 0 saturated heterocycles. The molecule has 2 aromatic carbocycles. The van der Waals surface area contributed by atoms with Crippen LogP contribution in [0, 0.1) is 12.7 Å². The largest absolute Gasteiger partial charge is 0.444 e. The topological polar surface area (TPSA) is 80.3 Å². The van der Waals surface area contributed by atoms with Gasteiger partial charge in [-0.2, -0.15) is 0 Å². The van der Waals surface area contributed by atoms with E-state index in [1.165, 1.54) is 11.6 Å². The third-order valence-electron chi connectivity index (χ3n) is 4.85. The van der Waals surface area contributed by atoms with Crippen molar-refractivity contribution < 1.29 is 8.81 Å². The van der Waals surface area contributed by atoms with Gasteiger partial charge in [-0.05, 0) is 43.7 Å². The Kier molecular flexibility index (Phi) is 8.58. The van der Waals surface area contributed by atoms with Gasteiger partial charge in [-0.25, -0.2) is 19.4 Å². The van der Waals surface area contributed by atoms with Crippen LogP contribution < -0.4 is 10.6 Å². The minimum Gasteiger partial charge on any atom is -0.444 e. The summed E-state index contributed by atoms with van der Waals surface area (Å²) in [7, 11) is 0. The number of imidazole rings is 1. The van der Waals surface area contributed by atoms with Crippen LogP contribution in [0.4, 0.5) is 4.39 Å². The molecular formula is C24H26FIN6O. The number of hydrogen-bond acceptors (Lipinski definition) is 4. The van der Waals surface area contributed by atoms with Gasteiger partial charge in [0.15, 0.2) is 5.96 Å². The first-order chi connectivity index (χ1) is 15.6. The average molecular weight is 560 g/mol. The molecule has 0 amide bonds. The van der Waals surface area contributed by atoms with Crippen LogP contribution in [0.25, 0.3) is 17.1 Å². The van der Waals surface area contributed by atoms with E-state index < -0.39 is 0 Å². The van der Waals surface area contributed by atoms with Gasteiger partial charge in [-0.15, -0.1) is 24.0 Å². The Balaban J connectivity index is 0.00000306. The van der Waals surface area contributed by atoms with Crippen LogP contribution in [0.5, 0.6) is 0 Å². The van der Waals surface area contributed by atoms with E-state index in [1.54, 1.807) is 35.6 Å². The van der Waals surface area contributed by atoms with Crippen molar-refractivity contribution in [3.63, 3.8) is 0 Å². The molecular weight excluding hydrogens is 534 g/mol. The van der Waals surface area contributed by atoms with E-state index in [0.717, 1.165) is 16.8 Å². The highest BCUT2D eigenvalue weighted by atomic mass is 127. The van der Waals surface area contributed by atoms with Gasteiger partial charge < -0.3 is 19.6 Å². The lowest BCUT2D eigenvalue weighted by atomic mass is 10.1. The smallest absolute Gasteiger partial charge is 0.226 e. The fourth-order valence-electron chi connectivity index (χ4n) is 3.16. The number of rotatable bonds is 7. The van der Waals surface area contributed by atoms with Crippen molar-refractivity contribution in [1.29, 1.82) is 0 Å². The van der Waals surface area contributed by atoms with E-state index in [4.69, 9.17) is 4.42 Å². The molecule has 172 valence electrons. The predicted octanol–water partition coefficient (Wildman–Crippen LogP) is 4.85. The molecule has 0 aliphatic heterocycles. The molecule has 0 radical (unpaired) electrons. The normalized spacial score (nSPS) is 11.2. The number of hydrogen-bond donors (Lipinski definition) is 2. The lowest BCUT2D eigenvalue weighted by Gasteiger charge is -2.10. The zero-order chi connectivity index (χ0) is 22.3. The van der Waals surface area contributed by atoms with Crippen LogP contribution in [-0.4, -0.2) is 27.0 Å². The van der Waals surface area contributed by atoms with E-state index in [2.05, 4.69) is 25.6 Å². The Morgan fingerprint density at radius 2 is 1.97 bits per heavy atom. The molecule has 0 saturated carbocycles. The highest BCUT2D eigenvalue weighted by molar-refractivity contribution is 14.0. The van der Waals surface area contributed by atoms with Crippen molar-refractivity contribution in [3.8, 4) is 17.1 Å². The lowest BCUT2D eigenvalue weighted by molar-refractivity contribution is 0.572.